The molecule has 0 aromatic heterocycles. The molecule has 1 atom stereocenters. The average molecular weight is 369 g/mol. The first-order chi connectivity index (χ1) is 12.1. The predicted molar refractivity (Wildman–Crippen MR) is 102 cm³/mol. The fraction of sp³-hybridized carbons (Fsp3) is 0.684. The molecule has 1 heterocycles. The van der Waals surface area contributed by atoms with E-state index in [4.69, 9.17) is 4.74 Å². The number of piperazine rings is 1. The first kappa shape index (κ1) is 20.2. The molecule has 0 spiro atoms. The van der Waals surface area contributed by atoms with Crippen LogP contribution in [0.5, 0.6) is 5.75 Å². The van der Waals surface area contributed by atoms with E-state index < -0.39 is 10.0 Å². The lowest BCUT2D eigenvalue weighted by atomic mass is 10.0. The van der Waals surface area contributed by atoms with Crippen molar-refractivity contribution in [2.45, 2.75) is 62.8 Å². The number of nitrogens with zero attached hydrogens (tertiary/aromatic N) is 1. The molecule has 1 saturated heterocycles. The second-order valence-electron chi connectivity index (χ2n) is 6.71. The van der Waals surface area contributed by atoms with Crippen molar-refractivity contribution < 1.29 is 13.2 Å². The Morgan fingerprint density at radius 1 is 1.12 bits per heavy atom. The molecule has 0 amide bonds. The van der Waals surface area contributed by atoms with Gasteiger partial charge in [0.2, 0.25) is 10.0 Å². The minimum absolute atomic E-state index is 0.0482. The molecule has 0 aliphatic carbocycles. The zero-order valence-corrected chi connectivity index (χ0v) is 16.4. The third-order valence-electron chi connectivity index (χ3n) is 4.85. The van der Waals surface area contributed by atoms with Crippen LogP contribution in [0.2, 0.25) is 0 Å². The zero-order valence-electron chi connectivity index (χ0n) is 15.5. The Labute approximate surface area is 152 Å². The molecule has 1 aliphatic rings. The summed E-state index contributed by atoms with van der Waals surface area (Å²) >= 11 is 0. The van der Waals surface area contributed by atoms with Crippen molar-refractivity contribution in [3.05, 3.63) is 24.3 Å². The maximum atomic E-state index is 13.0. The molecule has 2 rings (SSSR count). The van der Waals surface area contributed by atoms with Crippen molar-refractivity contribution in [2.75, 3.05) is 26.7 Å². The van der Waals surface area contributed by atoms with E-state index in [9.17, 15) is 8.42 Å². The van der Waals surface area contributed by atoms with Crippen LogP contribution in [0.15, 0.2) is 29.2 Å². The summed E-state index contributed by atoms with van der Waals surface area (Å²) < 4.78 is 32.9. The van der Waals surface area contributed by atoms with Crippen LogP contribution in [0.1, 0.15) is 51.9 Å². The number of benzene rings is 1. The van der Waals surface area contributed by atoms with Crippen molar-refractivity contribution in [3.63, 3.8) is 0 Å². The van der Waals surface area contributed by atoms with Crippen LogP contribution < -0.4 is 10.1 Å². The average Bonchev–Trinajstić information content (AvgIpc) is 2.65. The van der Waals surface area contributed by atoms with Crippen molar-refractivity contribution in [1.82, 2.24) is 9.62 Å². The Morgan fingerprint density at radius 2 is 1.80 bits per heavy atom. The molecular weight excluding hydrogens is 336 g/mol. The normalized spacial score (nSPS) is 19.0. The lowest BCUT2D eigenvalue weighted by Crippen LogP contribution is -2.53. The molecule has 1 aromatic rings. The summed E-state index contributed by atoms with van der Waals surface area (Å²) in [5.41, 5.74) is 0. The van der Waals surface area contributed by atoms with Crippen LogP contribution >= 0.6 is 0 Å². The molecule has 1 unspecified atom stereocenters. The summed E-state index contributed by atoms with van der Waals surface area (Å²) in [6.07, 6.45) is 8.28. The highest BCUT2D eigenvalue weighted by Gasteiger charge is 2.32. The monoisotopic (exact) mass is 368 g/mol. The van der Waals surface area contributed by atoms with Crippen LogP contribution in [0.3, 0.4) is 0 Å². The summed E-state index contributed by atoms with van der Waals surface area (Å²) in [6.45, 7) is 4.21. The largest absolute Gasteiger partial charge is 0.497 e. The van der Waals surface area contributed by atoms with Crippen LogP contribution in [0.25, 0.3) is 0 Å². The van der Waals surface area contributed by atoms with Gasteiger partial charge in [-0.3, -0.25) is 0 Å². The Kier molecular flexibility index (Phi) is 8.19. The van der Waals surface area contributed by atoms with Gasteiger partial charge >= 0.3 is 0 Å². The number of ether oxygens (including phenoxy) is 1. The summed E-state index contributed by atoms with van der Waals surface area (Å²) in [6, 6.07) is 6.73. The second-order valence-corrected chi connectivity index (χ2v) is 8.60. The van der Waals surface area contributed by atoms with E-state index in [0.717, 1.165) is 19.4 Å². The highest BCUT2D eigenvalue weighted by Crippen LogP contribution is 2.24. The van der Waals surface area contributed by atoms with Gasteiger partial charge in [-0.25, -0.2) is 8.42 Å². The van der Waals surface area contributed by atoms with E-state index >= 15 is 0 Å². The molecule has 0 bridgehead atoms. The summed E-state index contributed by atoms with van der Waals surface area (Å²) in [4.78, 5) is 0.350. The Bertz CT molecular complexity index is 602. The fourth-order valence-electron chi connectivity index (χ4n) is 3.35. The van der Waals surface area contributed by atoms with Gasteiger partial charge in [0, 0.05) is 25.7 Å². The van der Waals surface area contributed by atoms with Gasteiger partial charge < -0.3 is 10.1 Å². The van der Waals surface area contributed by atoms with E-state index in [0.29, 0.717) is 23.7 Å². The predicted octanol–water partition coefficient (Wildman–Crippen LogP) is 3.41. The van der Waals surface area contributed by atoms with E-state index in [2.05, 4.69) is 12.2 Å². The third-order valence-corrected chi connectivity index (χ3v) is 6.82. The Balaban J connectivity index is 1.97. The van der Waals surface area contributed by atoms with Crippen LogP contribution in [0.4, 0.5) is 0 Å². The SMILES string of the molecule is CCCCCCCCC1CNCCN1S(=O)(=O)c1ccc(OC)cc1. The Hall–Kier alpha value is -1.11. The molecule has 0 saturated carbocycles. The quantitative estimate of drug-likeness (QED) is 0.643. The lowest BCUT2D eigenvalue weighted by molar-refractivity contribution is 0.250. The molecule has 5 nitrogen and oxygen atoms in total. The van der Waals surface area contributed by atoms with Gasteiger partial charge in [0.1, 0.15) is 5.75 Å². The van der Waals surface area contributed by atoms with Gasteiger partial charge in [-0.15, -0.1) is 0 Å². The van der Waals surface area contributed by atoms with E-state index in [1.807, 2.05) is 0 Å². The summed E-state index contributed by atoms with van der Waals surface area (Å²) in [5, 5.41) is 3.34. The lowest BCUT2D eigenvalue weighted by Gasteiger charge is -2.35. The van der Waals surface area contributed by atoms with Gasteiger partial charge in [0.25, 0.3) is 0 Å². The van der Waals surface area contributed by atoms with Crippen molar-refractivity contribution in [3.8, 4) is 5.75 Å². The van der Waals surface area contributed by atoms with Crippen LogP contribution in [0, 0.1) is 0 Å². The minimum atomic E-state index is -3.45. The molecule has 1 aliphatic heterocycles. The first-order valence-electron chi connectivity index (χ1n) is 9.46. The molecule has 1 N–H and O–H groups in total. The van der Waals surface area contributed by atoms with E-state index in [-0.39, 0.29) is 6.04 Å². The molecule has 1 fully saturated rings. The maximum absolute atomic E-state index is 13.0. The molecule has 1 aromatic carbocycles. The highest BCUT2D eigenvalue weighted by atomic mass is 32.2. The zero-order chi connectivity index (χ0) is 18.1. The van der Waals surface area contributed by atoms with Gasteiger partial charge in [0.05, 0.1) is 12.0 Å². The highest BCUT2D eigenvalue weighted by molar-refractivity contribution is 7.89. The van der Waals surface area contributed by atoms with Gasteiger partial charge in [-0.2, -0.15) is 4.31 Å². The van der Waals surface area contributed by atoms with Gasteiger partial charge in [0.15, 0.2) is 0 Å². The molecule has 25 heavy (non-hydrogen) atoms. The van der Waals surface area contributed by atoms with E-state index in [1.165, 1.54) is 32.1 Å². The van der Waals surface area contributed by atoms with Crippen LogP contribution in [-0.4, -0.2) is 45.5 Å². The fourth-order valence-corrected chi connectivity index (χ4v) is 5.00. The number of rotatable bonds is 10. The van der Waals surface area contributed by atoms with E-state index in [1.54, 1.807) is 35.7 Å². The summed E-state index contributed by atoms with van der Waals surface area (Å²) in [5.74, 6) is 0.669. The second kappa shape index (κ2) is 10.1. The van der Waals surface area contributed by atoms with Crippen LogP contribution in [-0.2, 0) is 10.0 Å². The topological polar surface area (TPSA) is 58.6 Å². The van der Waals surface area contributed by atoms with Crippen molar-refractivity contribution in [1.29, 1.82) is 0 Å². The number of hydrogen-bond donors (Lipinski definition) is 1. The molecule has 6 heteroatoms. The number of methoxy groups -OCH3 is 1. The van der Waals surface area contributed by atoms with Gasteiger partial charge in [-0.1, -0.05) is 45.4 Å². The maximum Gasteiger partial charge on any atom is 0.243 e. The number of unbranched alkanes of at least 4 members (excludes halogenated alkanes) is 5. The minimum Gasteiger partial charge on any atom is -0.497 e. The van der Waals surface area contributed by atoms with Crippen molar-refractivity contribution in [2.24, 2.45) is 0 Å². The van der Waals surface area contributed by atoms with Crippen molar-refractivity contribution >= 4 is 10.0 Å². The summed E-state index contributed by atoms with van der Waals surface area (Å²) in [7, 11) is -1.87. The Morgan fingerprint density at radius 3 is 2.48 bits per heavy atom. The first-order valence-corrected chi connectivity index (χ1v) is 10.9. The molecule has 0 radical (unpaired) electrons. The smallest absolute Gasteiger partial charge is 0.243 e. The molecule has 142 valence electrons. The number of sulfonamides is 1. The van der Waals surface area contributed by atoms with Gasteiger partial charge in [-0.05, 0) is 30.7 Å². The number of nitrogens with one attached hydrogen (secondary N) is 1. The third kappa shape index (κ3) is 5.69. The number of hydrogen-bond acceptors (Lipinski definition) is 4. The standard InChI is InChI=1S/C19H32N2O3S/c1-3-4-5-6-7-8-9-17-16-20-14-15-21(17)25(22,23)19-12-10-18(24-2)11-13-19/h10-13,17,20H,3-9,14-16H2,1-2H3. The molecular formula is C19H32N2O3S.